The number of hydrogen-bond donors (Lipinski definition) is 1. The average Bonchev–Trinajstić information content (AvgIpc) is 2.64. The molecule has 3 nitrogen and oxygen atoms in total. The van der Waals surface area contributed by atoms with Gasteiger partial charge in [-0.15, -0.1) is 11.3 Å². The minimum absolute atomic E-state index is 0.0180. The van der Waals surface area contributed by atoms with Crippen LogP contribution in [0.25, 0.3) is 0 Å². The zero-order valence-corrected chi connectivity index (χ0v) is 11.7. The summed E-state index contributed by atoms with van der Waals surface area (Å²) in [4.78, 5) is 16.4. The summed E-state index contributed by atoms with van der Waals surface area (Å²) in [5.74, 6) is 0.0180. The number of alkyl halides is 1. The van der Waals surface area contributed by atoms with E-state index in [1.807, 2.05) is 6.92 Å². The second-order valence-electron chi connectivity index (χ2n) is 3.27. The molecule has 0 aliphatic rings. The van der Waals surface area contributed by atoms with Gasteiger partial charge in [0.25, 0.3) is 5.91 Å². The lowest BCUT2D eigenvalue weighted by molar-refractivity contribution is 0.0956. The summed E-state index contributed by atoms with van der Waals surface area (Å²) in [5.41, 5.74) is 2.53. The molecule has 0 aliphatic carbocycles. The molecule has 0 saturated carbocycles. The van der Waals surface area contributed by atoms with Crippen LogP contribution in [0.5, 0.6) is 0 Å². The summed E-state index contributed by atoms with van der Waals surface area (Å²) >= 11 is 3.77. The van der Waals surface area contributed by atoms with Gasteiger partial charge in [0.15, 0.2) is 0 Å². The van der Waals surface area contributed by atoms with Crippen molar-refractivity contribution in [2.24, 2.45) is 0 Å². The summed E-state index contributed by atoms with van der Waals surface area (Å²) in [6.07, 6.45) is 3.48. The van der Waals surface area contributed by atoms with Gasteiger partial charge in [0.05, 0.1) is 11.2 Å². The summed E-state index contributed by atoms with van der Waals surface area (Å²) in [5, 5.41) is 2.91. The molecular weight excluding hydrogens is 323 g/mol. The topological polar surface area (TPSA) is 42.0 Å². The Hall–Kier alpha value is -0.170. The van der Waals surface area contributed by atoms with Crippen LogP contribution in [0.3, 0.4) is 0 Å². The first-order chi connectivity index (χ1) is 7.25. The third kappa shape index (κ3) is 4.46. The van der Waals surface area contributed by atoms with Crippen molar-refractivity contribution < 1.29 is 4.79 Å². The normalized spacial score (nSPS) is 10.3. The van der Waals surface area contributed by atoms with Crippen molar-refractivity contribution in [1.29, 1.82) is 0 Å². The van der Waals surface area contributed by atoms with Crippen LogP contribution in [-0.2, 0) is 0 Å². The number of carbonyl (C=O) groups excluding carboxylic acids is 1. The van der Waals surface area contributed by atoms with Gasteiger partial charge in [-0.2, -0.15) is 0 Å². The lowest BCUT2D eigenvalue weighted by Crippen LogP contribution is -2.24. The first-order valence-electron chi connectivity index (χ1n) is 5.00. The number of halogens is 1. The number of aromatic nitrogens is 1. The molecule has 84 valence electrons. The van der Waals surface area contributed by atoms with Crippen LogP contribution in [0.4, 0.5) is 0 Å². The van der Waals surface area contributed by atoms with Gasteiger partial charge >= 0.3 is 0 Å². The van der Waals surface area contributed by atoms with Gasteiger partial charge in [-0.1, -0.05) is 29.0 Å². The quantitative estimate of drug-likeness (QED) is 0.492. The van der Waals surface area contributed by atoms with Crippen molar-refractivity contribution >= 4 is 39.8 Å². The van der Waals surface area contributed by atoms with Crippen molar-refractivity contribution in [3.63, 3.8) is 0 Å². The summed E-state index contributed by atoms with van der Waals surface area (Å²) in [6, 6.07) is 0. The number of aryl methyl sites for hydroxylation is 1. The maximum Gasteiger partial charge on any atom is 0.263 e. The summed E-state index contributed by atoms with van der Waals surface area (Å²) in [7, 11) is 0. The molecule has 0 spiro atoms. The molecule has 0 bridgehead atoms. The number of amides is 1. The number of rotatable bonds is 6. The van der Waals surface area contributed by atoms with E-state index < -0.39 is 0 Å². The van der Waals surface area contributed by atoms with Crippen LogP contribution < -0.4 is 5.32 Å². The molecule has 0 radical (unpaired) electrons. The van der Waals surface area contributed by atoms with E-state index in [1.54, 1.807) is 5.51 Å². The van der Waals surface area contributed by atoms with Crippen LogP contribution in [0.1, 0.15) is 34.6 Å². The minimum atomic E-state index is 0.0180. The van der Waals surface area contributed by atoms with Crippen molar-refractivity contribution in [3.8, 4) is 0 Å². The van der Waals surface area contributed by atoms with E-state index >= 15 is 0 Å². The number of nitrogens with one attached hydrogen (secondary N) is 1. The molecule has 0 unspecified atom stereocenters. The molecule has 1 aromatic heterocycles. The number of thiazole rings is 1. The molecule has 15 heavy (non-hydrogen) atoms. The van der Waals surface area contributed by atoms with Gasteiger partial charge in [-0.25, -0.2) is 4.98 Å². The molecule has 0 aromatic carbocycles. The molecule has 1 rings (SSSR count). The van der Waals surface area contributed by atoms with Gasteiger partial charge in [-0.3, -0.25) is 4.79 Å². The van der Waals surface area contributed by atoms with Crippen LogP contribution >= 0.6 is 33.9 Å². The van der Waals surface area contributed by atoms with Crippen molar-refractivity contribution in [2.75, 3.05) is 11.0 Å². The van der Waals surface area contributed by atoms with Crippen LogP contribution in [-0.4, -0.2) is 21.9 Å². The van der Waals surface area contributed by atoms with E-state index in [4.69, 9.17) is 0 Å². The molecule has 0 atom stereocenters. The molecule has 1 N–H and O–H groups in total. The van der Waals surface area contributed by atoms with Gasteiger partial charge in [-0.05, 0) is 24.2 Å². The van der Waals surface area contributed by atoms with Gasteiger partial charge in [0.1, 0.15) is 4.88 Å². The molecule has 0 saturated heterocycles. The molecule has 1 heterocycles. The number of nitrogens with zero attached hydrogens (tertiary/aromatic N) is 1. The Labute approximate surface area is 108 Å². The van der Waals surface area contributed by atoms with Crippen molar-refractivity contribution in [1.82, 2.24) is 10.3 Å². The molecule has 0 fully saturated rings. The second kappa shape index (κ2) is 7.16. The lowest BCUT2D eigenvalue weighted by Gasteiger charge is -2.03. The van der Waals surface area contributed by atoms with E-state index in [2.05, 4.69) is 32.9 Å². The summed E-state index contributed by atoms with van der Waals surface area (Å²) in [6.45, 7) is 2.63. The van der Waals surface area contributed by atoms with Crippen molar-refractivity contribution in [3.05, 3.63) is 16.1 Å². The number of unbranched alkanes of at least 4 members (excludes halogenated alkanes) is 2. The fourth-order valence-electron chi connectivity index (χ4n) is 1.20. The highest BCUT2D eigenvalue weighted by atomic mass is 127. The standard InChI is InChI=1S/C10H15IN2OS/c1-8-9(15-7-13-8)10(14)12-6-4-2-3-5-11/h7H,2-6H2,1H3,(H,12,14). The SMILES string of the molecule is Cc1ncsc1C(=O)NCCCCCI. The lowest BCUT2D eigenvalue weighted by atomic mass is 10.2. The predicted octanol–water partition coefficient (Wildman–Crippen LogP) is 2.79. The monoisotopic (exact) mass is 338 g/mol. The molecule has 5 heteroatoms. The third-order valence-electron chi connectivity index (χ3n) is 2.05. The number of carbonyl (C=O) groups is 1. The summed E-state index contributed by atoms with van der Waals surface area (Å²) < 4.78 is 1.19. The Bertz CT molecular complexity index is 314. The Kier molecular flexibility index (Phi) is 6.16. The van der Waals surface area contributed by atoms with Crippen LogP contribution in [0, 0.1) is 6.92 Å². The maximum absolute atomic E-state index is 11.6. The van der Waals surface area contributed by atoms with Gasteiger partial charge < -0.3 is 5.32 Å². The fourth-order valence-corrected chi connectivity index (χ4v) is 2.46. The first kappa shape index (κ1) is 12.9. The largest absolute Gasteiger partial charge is 0.351 e. The van der Waals surface area contributed by atoms with E-state index in [1.165, 1.54) is 28.6 Å². The first-order valence-corrected chi connectivity index (χ1v) is 7.40. The third-order valence-corrected chi connectivity index (χ3v) is 3.74. The highest BCUT2D eigenvalue weighted by Gasteiger charge is 2.10. The highest BCUT2D eigenvalue weighted by Crippen LogP contribution is 2.11. The maximum atomic E-state index is 11.6. The number of hydrogen-bond acceptors (Lipinski definition) is 3. The molecule has 0 aliphatic heterocycles. The Balaban J connectivity index is 2.22. The van der Waals surface area contributed by atoms with Crippen molar-refractivity contribution in [2.45, 2.75) is 26.2 Å². The van der Waals surface area contributed by atoms with Gasteiger partial charge in [0, 0.05) is 6.54 Å². The zero-order valence-electron chi connectivity index (χ0n) is 8.75. The minimum Gasteiger partial charge on any atom is -0.351 e. The zero-order chi connectivity index (χ0) is 11.1. The predicted molar refractivity (Wildman–Crippen MR) is 71.9 cm³/mol. The average molecular weight is 338 g/mol. The van der Waals surface area contributed by atoms with E-state index in [0.29, 0.717) is 0 Å². The molecular formula is C10H15IN2OS. The molecule has 1 aromatic rings. The fraction of sp³-hybridized carbons (Fsp3) is 0.600. The van der Waals surface area contributed by atoms with E-state index in [0.717, 1.165) is 23.5 Å². The highest BCUT2D eigenvalue weighted by molar-refractivity contribution is 14.1. The van der Waals surface area contributed by atoms with Gasteiger partial charge in [0.2, 0.25) is 0 Å². The Morgan fingerprint density at radius 1 is 1.53 bits per heavy atom. The van der Waals surface area contributed by atoms with E-state index in [9.17, 15) is 4.79 Å². The van der Waals surface area contributed by atoms with E-state index in [-0.39, 0.29) is 5.91 Å². The smallest absolute Gasteiger partial charge is 0.263 e. The van der Waals surface area contributed by atoms with Crippen LogP contribution in [0.15, 0.2) is 5.51 Å². The second-order valence-corrected chi connectivity index (χ2v) is 5.21. The Morgan fingerprint density at radius 3 is 2.93 bits per heavy atom. The van der Waals surface area contributed by atoms with Crippen LogP contribution in [0.2, 0.25) is 0 Å². The Morgan fingerprint density at radius 2 is 2.33 bits per heavy atom. The molecule has 1 amide bonds.